The molecule has 0 unspecified atom stereocenters. The number of benzene rings is 10. The molecule has 10 aromatic rings. The molecule has 0 aromatic heterocycles. The molecule has 0 saturated carbocycles. The highest BCUT2D eigenvalue weighted by Crippen LogP contribution is 2.44. The van der Waals surface area contributed by atoms with Gasteiger partial charge < -0.3 is 37.9 Å². The monoisotopic (exact) mass is 1420 g/mol. The van der Waals surface area contributed by atoms with Gasteiger partial charge >= 0.3 is 0 Å². The molecule has 560 valence electrons. The predicted molar refractivity (Wildman–Crippen MR) is 441 cm³/mol. The zero-order valence-electron chi connectivity index (χ0n) is 65.4. The van der Waals surface area contributed by atoms with Crippen LogP contribution in [0.4, 0.5) is 0 Å². The summed E-state index contributed by atoms with van der Waals surface area (Å²) in [5.74, 6) is 7.37. The number of hydrogen-bond donors (Lipinski definition) is 0. The van der Waals surface area contributed by atoms with E-state index in [0.29, 0.717) is 52.9 Å². The van der Waals surface area contributed by atoms with Crippen LogP contribution >= 0.6 is 0 Å². The summed E-state index contributed by atoms with van der Waals surface area (Å²) in [7, 11) is 0. The number of ether oxygens (including phenoxy) is 8. The molecule has 10 aromatic carbocycles. The van der Waals surface area contributed by atoms with E-state index in [1.807, 2.05) is 0 Å². The van der Waals surface area contributed by atoms with Crippen LogP contribution < -0.4 is 37.9 Å². The molecule has 0 fully saturated rings. The minimum Gasteiger partial charge on any atom is -0.494 e. The van der Waals surface area contributed by atoms with Crippen molar-refractivity contribution < 1.29 is 37.9 Å². The normalized spacial score (nSPS) is 11.3. The fraction of sp³-hybridized carbons (Fsp3) is 0.408. The van der Waals surface area contributed by atoms with Crippen molar-refractivity contribution in [2.45, 2.75) is 209 Å². The molecule has 0 radical (unpaired) electrons. The molecule has 8 nitrogen and oxygen atoms in total. The van der Waals surface area contributed by atoms with E-state index in [0.717, 1.165) is 200 Å². The van der Waals surface area contributed by atoms with Gasteiger partial charge in [-0.05, 0) is 351 Å². The first-order valence-corrected chi connectivity index (χ1v) is 40.6. The minimum atomic E-state index is 0.692. The summed E-state index contributed by atoms with van der Waals surface area (Å²) in [4.78, 5) is 0. The number of fused-ring (bicyclic) bond motifs is 1. The summed E-state index contributed by atoms with van der Waals surface area (Å²) < 4.78 is 50.0. The highest BCUT2D eigenvalue weighted by molar-refractivity contribution is 5.99. The quantitative estimate of drug-likeness (QED) is 0.0373. The molecular formula is C98H120O8. The van der Waals surface area contributed by atoms with Gasteiger partial charge in [0.05, 0.1) is 52.9 Å². The molecule has 0 aliphatic rings. The first kappa shape index (κ1) is 79.4. The topological polar surface area (TPSA) is 73.8 Å². The zero-order valence-corrected chi connectivity index (χ0v) is 65.4. The van der Waals surface area contributed by atoms with E-state index in [2.05, 4.69) is 250 Å². The first-order valence-electron chi connectivity index (χ1n) is 40.6. The highest BCUT2D eigenvalue weighted by atomic mass is 16.5. The Morgan fingerprint density at radius 1 is 0.142 bits per heavy atom. The van der Waals surface area contributed by atoms with Crippen LogP contribution in [0.2, 0.25) is 0 Å². The minimum absolute atomic E-state index is 0.692. The summed E-state index contributed by atoms with van der Waals surface area (Å²) in [6.07, 6.45) is 21.6. The van der Waals surface area contributed by atoms with Gasteiger partial charge in [0.25, 0.3) is 0 Å². The Balaban J connectivity index is 1.31. The fourth-order valence-corrected chi connectivity index (χ4v) is 14.5. The average Bonchev–Trinajstić information content (AvgIpc) is 0.719. The summed E-state index contributed by atoms with van der Waals surface area (Å²) in [5.41, 5.74) is 22.4. The number of hydrogen-bond acceptors (Lipinski definition) is 8. The summed E-state index contributed by atoms with van der Waals surface area (Å²) in [6, 6.07) is 72.1. The van der Waals surface area contributed by atoms with E-state index in [-0.39, 0.29) is 0 Å². The van der Waals surface area contributed by atoms with E-state index >= 15 is 0 Å². The fourth-order valence-electron chi connectivity index (χ4n) is 14.5. The Labute approximate surface area is 636 Å². The van der Waals surface area contributed by atoms with Crippen LogP contribution in [-0.2, 0) is 103 Å². The van der Waals surface area contributed by atoms with Crippen LogP contribution in [0.1, 0.15) is 196 Å². The first-order chi connectivity index (χ1) is 52.2. The van der Waals surface area contributed by atoms with Gasteiger partial charge in [0.2, 0.25) is 0 Å². The second-order valence-electron chi connectivity index (χ2n) is 28.5. The molecular weight excluding hydrogens is 1310 g/mol. The maximum atomic E-state index is 6.26. The summed E-state index contributed by atoms with van der Waals surface area (Å²) in [5, 5.41) is 2.95. The van der Waals surface area contributed by atoms with Crippen LogP contribution in [-0.4, -0.2) is 52.9 Å². The molecule has 0 bridgehead atoms. The van der Waals surface area contributed by atoms with Crippen molar-refractivity contribution >= 4 is 10.8 Å². The Hall–Kier alpha value is -9.14. The molecule has 106 heavy (non-hydrogen) atoms. The molecule has 0 amide bonds. The molecule has 0 saturated heterocycles. The van der Waals surface area contributed by atoms with Gasteiger partial charge in [0.15, 0.2) is 0 Å². The molecule has 0 atom stereocenters. The smallest absolute Gasteiger partial charge is 0.119 e. The summed E-state index contributed by atoms with van der Waals surface area (Å²) in [6.45, 7) is 22.9. The molecule has 0 N–H and O–H groups in total. The third-order valence-electron chi connectivity index (χ3n) is 20.1. The number of rotatable bonds is 48. The molecule has 8 heteroatoms. The Morgan fingerprint density at radius 3 is 0.368 bits per heavy atom. The van der Waals surface area contributed by atoms with Crippen molar-refractivity contribution in [1.82, 2.24) is 0 Å². The van der Waals surface area contributed by atoms with Crippen LogP contribution in [0.3, 0.4) is 0 Å². The van der Waals surface area contributed by atoms with Gasteiger partial charge in [0, 0.05) is 0 Å². The Kier molecular flexibility index (Phi) is 32.6. The van der Waals surface area contributed by atoms with Gasteiger partial charge in [0.1, 0.15) is 46.0 Å². The van der Waals surface area contributed by atoms with Crippen molar-refractivity contribution in [3.05, 3.63) is 283 Å². The lowest BCUT2D eigenvalue weighted by molar-refractivity contribution is 0.317. The summed E-state index contributed by atoms with van der Waals surface area (Å²) >= 11 is 0. The van der Waals surface area contributed by atoms with E-state index in [9.17, 15) is 0 Å². The Bertz CT molecular complexity index is 3620. The Morgan fingerprint density at radius 2 is 0.255 bits per heavy atom. The van der Waals surface area contributed by atoms with Crippen LogP contribution in [0, 0.1) is 0 Å². The van der Waals surface area contributed by atoms with Crippen LogP contribution in [0.5, 0.6) is 46.0 Å². The standard InChI is InChI=1S/C98H120O8/c1-9-65-99-81-41-17-73(18-42-81)33-57-89-90(58-34-74-19-43-82(44-20-74)100-66-10-2)94(62-38-78-27-51-86(52-28-78)104-70-14-6)98-96(64-40-80-31-55-88(56-32-80)106-72-16-8)92(60-36-76-23-47-84(48-24-76)102-68-12-4)91(59-35-75-21-45-83(46-22-75)101-67-11-3)95(63-39-79-29-53-87(54-30-79)105-71-15-7)97(98)93(89)61-37-77-25-49-85(50-26-77)103-69-13-5/h17-32,41-56H,9-16,33-40,57-72H2,1-8H3. The molecule has 0 aliphatic carbocycles. The highest BCUT2D eigenvalue weighted by Gasteiger charge is 2.29. The van der Waals surface area contributed by atoms with Crippen LogP contribution in [0.15, 0.2) is 194 Å². The lowest BCUT2D eigenvalue weighted by atomic mass is 9.73. The third-order valence-corrected chi connectivity index (χ3v) is 20.1. The maximum absolute atomic E-state index is 6.26. The molecule has 0 spiro atoms. The second-order valence-corrected chi connectivity index (χ2v) is 28.5. The van der Waals surface area contributed by atoms with E-state index < -0.39 is 0 Å². The van der Waals surface area contributed by atoms with Crippen LogP contribution in [0.25, 0.3) is 10.8 Å². The van der Waals surface area contributed by atoms with Gasteiger partial charge in [-0.25, -0.2) is 0 Å². The lowest BCUT2D eigenvalue weighted by Gasteiger charge is -2.31. The molecule has 0 heterocycles. The van der Waals surface area contributed by atoms with E-state index in [4.69, 9.17) is 37.9 Å². The van der Waals surface area contributed by atoms with E-state index in [1.165, 1.54) is 99.8 Å². The van der Waals surface area contributed by atoms with Crippen molar-refractivity contribution in [3.63, 3.8) is 0 Å². The van der Waals surface area contributed by atoms with Crippen molar-refractivity contribution in [1.29, 1.82) is 0 Å². The van der Waals surface area contributed by atoms with Crippen molar-refractivity contribution in [2.24, 2.45) is 0 Å². The van der Waals surface area contributed by atoms with Crippen molar-refractivity contribution in [3.8, 4) is 46.0 Å². The van der Waals surface area contributed by atoms with E-state index in [1.54, 1.807) is 0 Å². The largest absolute Gasteiger partial charge is 0.494 e. The SMILES string of the molecule is CCCOc1ccc(CCc2c(CCc3ccc(OCCC)cc3)c(CCc3ccc(OCCC)cc3)c3c(CCc4ccc(OCCC)cc4)c(CCc4ccc(OCCC)cc4)c(CCc4ccc(OCCC)cc4)c(CCc4ccc(OCCC)cc4)c3c2CCc2ccc(OCCC)cc2)cc1. The zero-order chi connectivity index (χ0) is 73.9. The lowest BCUT2D eigenvalue weighted by Crippen LogP contribution is -2.17. The van der Waals surface area contributed by atoms with Gasteiger partial charge in [-0.2, -0.15) is 0 Å². The van der Waals surface area contributed by atoms with Gasteiger partial charge in [-0.3, -0.25) is 0 Å². The molecule has 10 rings (SSSR count). The third kappa shape index (κ3) is 23.9. The maximum Gasteiger partial charge on any atom is 0.119 e. The number of aryl methyl sites for hydroxylation is 12. The van der Waals surface area contributed by atoms with Gasteiger partial charge in [-0.15, -0.1) is 0 Å². The predicted octanol–water partition coefficient (Wildman–Crippen LogP) is 23.4. The molecule has 0 aliphatic heterocycles. The average molecular weight is 1430 g/mol. The van der Waals surface area contributed by atoms with Crippen molar-refractivity contribution in [2.75, 3.05) is 52.9 Å². The second kappa shape index (κ2) is 43.5. The van der Waals surface area contributed by atoms with Gasteiger partial charge in [-0.1, -0.05) is 152 Å².